The van der Waals surface area contributed by atoms with Crippen LogP contribution in [0, 0.1) is 30.1 Å². The lowest BCUT2D eigenvalue weighted by Gasteiger charge is -2.42. The lowest BCUT2D eigenvalue weighted by atomic mass is 9.69. The molecule has 1 amide bonds. The number of Topliss-reactive ketones (excluding diaryl/α,β-unsaturated/α-hetero) is 1. The number of amides is 1. The van der Waals surface area contributed by atoms with E-state index >= 15 is 0 Å². The van der Waals surface area contributed by atoms with Crippen LogP contribution in [0.1, 0.15) is 85.1 Å². The third-order valence-corrected chi connectivity index (χ3v) is 10.4. The molecule has 0 aromatic heterocycles. The van der Waals surface area contributed by atoms with Crippen LogP contribution in [0.25, 0.3) is 0 Å². The Hall–Kier alpha value is -3.50. The van der Waals surface area contributed by atoms with Gasteiger partial charge < -0.3 is 14.5 Å². The van der Waals surface area contributed by atoms with Crippen LogP contribution in [0.4, 0.5) is 26.3 Å². The number of carbonyl (C=O) groups is 4. The van der Waals surface area contributed by atoms with Crippen molar-refractivity contribution >= 4 is 24.3 Å². The number of hydrogen-bond acceptors (Lipinski definition) is 4. The minimum Gasteiger partial charge on any atom is -0.339 e. The van der Waals surface area contributed by atoms with Gasteiger partial charge in [-0.1, -0.05) is 31.2 Å². The quantitative estimate of drug-likeness (QED) is 0.203. The molecule has 1 aliphatic carbocycles. The molecule has 3 fully saturated rings. The van der Waals surface area contributed by atoms with E-state index in [0.717, 1.165) is 23.3 Å². The molecule has 2 heterocycles. The summed E-state index contributed by atoms with van der Waals surface area (Å²) in [6.07, 6.45) is -7.50. The van der Waals surface area contributed by atoms with Crippen LogP contribution in [-0.4, -0.2) is 41.7 Å². The maximum Gasteiger partial charge on any atom is 0.416 e. The smallest absolute Gasteiger partial charge is 0.339 e. The van der Waals surface area contributed by atoms with Crippen LogP contribution in [-0.2, 0) is 31.5 Å². The Kier molecular flexibility index (Phi) is 8.78. The van der Waals surface area contributed by atoms with Crippen molar-refractivity contribution in [3.05, 3.63) is 70.3 Å². The molecule has 2 aromatic carbocycles. The molecule has 3 aliphatic rings. The first-order valence-electron chi connectivity index (χ1n) is 15.2. The first-order chi connectivity index (χ1) is 21.1. The number of hydrogen-bond donors (Lipinski definition) is 0. The minimum absolute atomic E-state index is 0.0571. The zero-order valence-electron chi connectivity index (χ0n) is 25.0. The normalized spacial score (nSPS) is 26.7. The van der Waals surface area contributed by atoms with Crippen LogP contribution in [0.2, 0.25) is 0 Å². The monoisotopic (exact) mass is 635 g/mol. The van der Waals surface area contributed by atoms with E-state index < -0.39 is 46.8 Å². The number of aldehydes is 2. The van der Waals surface area contributed by atoms with E-state index in [0.29, 0.717) is 25.4 Å². The summed E-state index contributed by atoms with van der Waals surface area (Å²) in [6.45, 7) is 3.81. The maximum absolute atomic E-state index is 14.0. The second-order valence-electron chi connectivity index (χ2n) is 13.0. The van der Waals surface area contributed by atoms with E-state index in [2.05, 4.69) is 0 Å². The molecule has 11 heteroatoms. The molecule has 45 heavy (non-hydrogen) atoms. The van der Waals surface area contributed by atoms with Crippen molar-refractivity contribution in [1.82, 2.24) is 4.90 Å². The molecule has 5 nitrogen and oxygen atoms in total. The van der Waals surface area contributed by atoms with Crippen molar-refractivity contribution in [2.24, 2.45) is 23.2 Å². The fraction of sp³-hybridized carbons (Fsp3) is 0.529. The van der Waals surface area contributed by atoms with E-state index in [4.69, 9.17) is 0 Å². The third kappa shape index (κ3) is 6.31. The fourth-order valence-corrected chi connectivity index (χ4v) is 7.87. The highest BCUT2D eigenvalue weighted by atomic mass is 19.4. The molecule has 0 radical (unpaired) electrons. The molecule has 0 spiro atoms. The van der Waals surface area contributed by atoms with E-state index in [1.54, 1.807) is 11.8 Å². The van der Waals surface area contributed by atoms with Crippen molar-refractivity contribution in [3.8, 4) is 0 Å². The van der Waals surface area contributed by atoms with E-state index in [-0.39, 0.29) is 73.3 Å². The van der Waals surface area contributed by atoms with E-state index in [9.17, 15) is 45.5 Å². The number of aryl methyl sites for hydroxylation is 1. The van der Waals surface area contributed by atoms with Crippen molar-refractivity contribution in [2.45, 2.75) is 82.6 Å². The third-order valence-electron chi connectivity index (χ3n) is 10.4. The summed E-state index contributed by atoms with van der Waals surface area (Å²) >= 11 is 0. The molecule has 1 saturated carbocycles. The van der Waals surface area contributed by atoms with Gasteiger partial charge in [0.2, 0.25) is 5.91 Å². The Morgan fingerprint density at radius 3 is 2.16 bits per heavy atom. The number of halogens is 6. The van der Waals surface area contributed by atoms with Gasteiger partial charge in [-0.05, 0) is 78.8 Å². The highest BCUT2D eigenvalue weighted by Crippen LogP contribution is 2.55. The molecule has 0 bridgehead atoms. The molecular weight excluding hydrogens is 600 g/mol. The first-order valence-corrected chi connectivity index (χ1v) is 15.2. The fourth-order valence-electron chi connectivity index (χ4n) is 7.87. The maximum atomic E-state index is 14.0. The number of ketones is 1. The predicted molar refractivity (Wildman–Crippen MR) is 152 cm³/mol. The van der Waals surface area contributed by atoms with Crippen LogP contribution in [0.15, 0.2) is 42.5 Å². The largest absolute Gasteiger partial charge is 0.416 e. The Morgan fingerprint density at radius 1 is 1.00 bits per heavy atom. The second-order valence-corrected chi connectivity index (χ2v) is 13.0. The van der Waals surface area contributed by atoms with Gasteiger partial charge in [-0.25, -0.2) is 0 Å². The predicted octanol–water partition coefficient (Wildman–Crippen LogP) is 7.30. The molecule has 242 valence electrons. The van der Waals surface area contributed by atoms with Crippen molar-refractivity contribution in [3.63, 3.8) is 0 Å². The van der Waals surface area contributed by atoms with Gasteiger partial charge in [-0.2, -0.15) is 26.3 Å². The van der Waals surface area contributed by atoms with Gasteiger partial charge in [-0.15, -0.1) is 0 Å². The number of nitrogens with zero attached hydrogens (tertiary/aromatic N) is 1. The summed E-state index contributed by atoms with van der Waals surface area (Å²) in [6, 6.07) is 8.81. The summed E-state index contributed by atoms with van der Waals surface area (Å²) in [5.74, 6) is -2.25. The number of alkyl halides is 6. The van der Waals surface area contributed by atoms with Crippen molar-refractivity contribution in [2.75, 3.05) is 6.54 Å². The number of piperidine rings is 1. The summed E-state index contributed by atoms with van der Waals surface area (Å²) < 4.78 is 80.7. The Labute approximate surface area is 257 Å². The van der Waals surface area contributed by atoms with Crippen LogP contribution >= 0.6 is 0 Å². The van der Waals surface area contributed by atoms with Gasteiger partial charge >= 0.3 is 12.4 Å². The summed E-state index contributed by atoms with van der Waals surface area (Å²) in [5.41, 5.74) is -2.09. The van der Waals surface area contributed by atoms with Gasteiger partial charge in [0.1, 0.15) is 18.4 Å². The summed E-state index contributed by atoms with van der Waals surface area (Å²) in [4.78, 5) is 52.4. The van der Waals surface area contributed by atoms with E-state index in [1.807, 2.05) is 31.2 Å². The number of fused-ring (bicyclic) bond motifs is 1. The summed E-state index contributed by atoms with van der Waals surface area (Å²) in [7, 11) is 0. The standard InChI is InChI=1S/C34H35F6NO4/c1-19-5-3-4-6-25(19)30-26(7-10-41-28(30)18-32(8-11-42,9-12-43)31(41)45)29(44)16-22-15-27(22)20(2)21-13-23(33(35,36)37)17-24(14-21)34(38,39)40/h3-6,11-14,17,20,22,26-28,30H,7-10,15-16,18H2,1-2H3. The van der Waals surface area contributed by atoms with E-state index in [1.165, 1.54) is 0 Å². The van der Waals surface area contributed by atoms with Gasteiger partial charge in [0.05, 0.1) is 16.5 Å². The number of benzene rings is 2. The SMILES string of the molecule is Cc1ccccc1C1C(C(=O)CC2CC2C(C)c2cc(C(F)(F)F)cc(C(F)(F)F)c2)CCN2C(=O)C(CC=O)(CC=O)CC12. The highest BCUT2D eigenvalue weighted by Gasteiger charge is 2.57. The Balaban J connectivity index is 1.39. The van der Waals surface area contributed by atoms with Gasteiger partial charge in [0.15, 0.2) is 0 Å². The first kappa shape index (κ1) is 32.9. The second kappa shape index (κ2) is 12.0. The van der Waals surface area contributed by atoms with Crippen LogP contribution in [0.5, 0.6) is 0 Å². The van der Waals surface area contributed by atoms with Crippen LogP contribution in [0.3, 0.4) is 0 Å². The average molecular weight is 636 g/mol. The molecule has 6 unspecified atom stereocenters. The molecule has 2 aliphatic heterocycles. The van der Waals surface area contributed by atoms with Gasteiger partial charge in [0.25, 0.3) is 0 Å². The number of carbonyl (C=O) groups excluding carboxylic acids is 4. The van der Waals surface area contributed by atoms with Crippen molar-refractivity contribution < 1.29 is 45.5 Å². The average Bonchev–Trinajstić information content (AvgIpc) is 3.68. The lowest BCUT2D eigenvalue weighted by Crippen LogP contribution is -2.48. The van der Waals surface area contributed by atoms with Crippen molar-refractivity contribution in [1.29, 1.82) is 0 Å². The molecule has 6 atom stereocenters. The molecule has 5 rings (SSSR count). The Bertz CT molecular complexity index is 1440. The molecule has 0 N–H and O–H groups in total. The van der Waals surface area contributed by atoms with Gasteiger partial charge in [0, 0.05) is 43.7 Å². The van der Waals surface area contributed by atoms with Gasteiger partial charge in [-0.3, -0.25) is 9.59 Å². The highest BCUT2D eigenvalue weighted by molar-refractivity contribution is 5.91. The zero-order chi connectivity index (χ0) is 32.9. The summed E-state index contributed by atoms with van der Waals surface area (Å²) in [5, 5.41) is 0. The molecule has 2 saturated heterocycles. The molecular formula is C34H35F6NO4. The molecule has 2 aromatic rings. The minimum atomic E-state index is -4.94. The van der Waals surface area contributed by atoms with Crippen LogP contribution < -0.4 is 0 Å². The number of rotatable bonds is 10. The Morgan fingerprint density at radius 2 is 1.60 bits per heavy atom. The lowest BCUT2D eigenvalue weighted by molar-refractivity contribution is -0.143. The topological polar surface area (TPSA) is 71.5 Å². The zero-order valence-corrected chi connectivity index (χ0v) is 25.0.